The molecule has 1 unspecified atom stereocenters. The number of rotatable bonds is 1. The summed E-state index contributed by atoms with van der Waals surface area (Å²) in [7, 11) is 0. The monoisotopic (exact) mass is 180 g/mol. The van der Waals surface area contributed by atoms with Gasteiger partial charge in [0.15, 0.2) is 0 Å². The molecule has 2 aromatic rings. The molecule has 0 aliphatic rings. The summed E-state index contributed by atoms with van der Waals surface area (Å²) >= 11 is -1.07. The van der Waals surface area contributed by atoms with Crippen molar-refractivity contribution in [1.29, 1.82) is 0 Å². The Labute approximate surface area is 73.3 Å². The molecule has 0 spiro atoms. The standard InChI is InChI=1S/C8H8N2OS/c1-12(11)10-8-5-3-2-4-7(8)6-9-10/h2-6H,1H3. The fourth-order valence-corrected chi connectivity index (χ4v) is 1.78. The Hall–Kier alpha value is -1.00. The Kier molecular flexibility index (Phi) is 1.78. The molecule has 1 atom stereocenters. The smallest absolute Gasteiger partial charge is 0.123 e. The molecule has 0 amide bonds. The van der Waals surface area contributed by atoms with E-state index in [1.54, 1.807) is 12.5 Å². The number of aromatic nitrogens is 2. The molecule has 0 N–H and O–H groups in total. The van der Waals surface area contributed by atoms with Gasteiger partial charge in [-0.25, -0.2) is 0 Å². The third-order valence-electron chi connectivity index (χ3n) is 1.69. The van der Waals surface area contributed by atoms with Gasteiger partial charge in [0.2, 0.25) is 0 Å². The number of fused-ring (bicyclic) bond motifs is 1. The first-order chi connectivity index (χ1) is 5.79. The van der Waals surface area contributed by atoms with Gasteiger partial charge in [0, 0.05) is 5.39 Å². The van der Waals surface area contributed by atoms with E-state index in [1.165, 1.54) is 4.09 Å². The minimum atomic E-state index is -1.07. The second-order valence-corrected chi connectivity index (χ2v) is 3.69. The van der Waals surface area contributed by atoms with Crippen molar-refractivity contribution in [3.05, 3.63) is 30.5 Å². The molecule has 0 radical (unpaired) electrons. The largest absolute Gasteiger partial charge is 0.592 e. The topological polar surface area (TPSA) is 40.9 Å². The quantitative estimate of drug-likeness (QED) is 0.618. The maximum Gasteiger partial charge on any atom is 0.123 e. The van der Waals surface area contributed by atoms with Crippen molar-refractivity contribution >= 4 is 22.3 Å². The van der Waals surface area contributed by atoms with Gasteiger partial charge in [0.1, 0.15) is 11.8 Å². The average molecular weight is 180 g/mol. The molecule has 1 heterocycles. The summed E-state index contributed by atoms with van der Waals surface area (Å²) < 4.78 is 12.6. The third kappa shape index (κ3) is 1.09. The van der Waals surface area contributed by atoms with Crippen molar-refractivity contribution in [3.63, 3.8) is 0 Å². The van der Waals surface area contributed by atoms with E-state index in [9.17, 15) is 4.55 Å². The fraction of sp³-hybridized carbons (Fsp3) is 0.125. The van der Waals surface area contributed by atoms with Crippen molar-refractivity contribution in [1.82, 2.24) is 9.19 Å². The second-order valence-electron chi connectivity index (χ2n) is 2.50. The molecule has 0 bridgehead atoms. The number of benzene rings is 1. The van der Waals surface area contributed by atoms with Crippen LogP contribution in [0.25, 0.3) is 10.9 Å². The predicted molar refractivity (Wildman–Crippen MR) is 49.2 cm³/mol. The summed E-state index contributed by atoms with van der Waals surface area (Å²) in [5.74, 6) is 0. The Morgan fingerprint density at radius 1 is 1.42 bits per heavy atom. The van der Waals surface area contributed by atoms with Crippen LogP contribution < -0.4 is 0 Å². The van der Waals surface area contributed by atoms with Crippen LogP contribution in [0.3, 0.4) is 0 Å². The second kappa shape index (κ2) is 2.80. The van der Waals surface area contributed by atoms with E-state index in [1.807, 2.05) is 24.3 Å². The highest BCUT2D eigenvalue weighted by Gasteiger charge is 2.07. The van der Waals surface area contributed by atoms with Gasteiger partial charge in [-0.05, 0) is 6.07 Å². The molecule has 62 valence electrons. The summed E-state index contributed by atoms with van der Waals surface area (Å²) in [5.41, 5.74) is 0.915. The molecule has 0 fully saturated rings. The molecule has 0 aliphatic heterocycles. The van der Waals surface area contributed by atoms with Crippen molar-refractivity contribution in [3.8, 4) is 0 Å². The van der Waals surface area contributed by atoms with E-state index in [4.69, 9.17) is 0 Å². The van der Waals surface area contributed by atoms with E-state index in [0.717, 1.165) is 10.9 Å². The minimum absolute atomic E-state index is 0.915. The number of hydrogen-bond acceptors (Lipinski definition) is 2. The molecule has 12 heavy (non-hydrogen) atoms. The zero-order valence-corrected chi connectivity index (χ0v) is 7.41. The molecule has 2 rings (SSSR count). The van der Waals surface area contributed by atoms with E-state index in [0.29, 0.717) is 0 Å². The van der Waals surface area contributed by atoms with Gasteiger partial charge in [0.05, 0.1) is 17.6 Å². The lowest BCUT2D eigenvalue weighted by atomic mass is 10.3. The number of nitrogens with zero attached hydrogens (tertiary/aromatic N) is 2. The van der Waals surface area contributed by atoms with Gasteiger partial charge in [-0.2, -0.15) is 0 Å². The van der Waals surface area contributed by atoms with Gasteiger partial charge in [-0.3, -0.25) is 0 Å². The summed E-state index contributed by atoms with van der Waals surface area (Å²) in [6.45, 7) is 0. The van der Waals surface area contributed by atoms with Crippen LogP contribution >= 0.6 is 0 Å². The first-order valence-electron chi connectivity index (χ1n) is 3.56. The minimum Gasteiger partial charge on any atom is -0.592 e. The van der Waals surface area contributed by atoms with E-state index >= 15 is 0 Å². The number of para-hydroxylation sites is 1. The summed E-state index contributed by atoms with van der Waals surface area (Å²) in [5, 5.41) is 5.03. The Balaban J connectivity index is 2.70. The summed E-state index contributed by atoms with van der Waals surface area (Å²) in [4.78, 5) is 0. The van der Waals surface area contributed by atoms with Crippen LogP contribution in [0.4, 0.5) is 0 Å². The first kappa shape index (κ1) is 7.64. The highest BCUT2D eigenvalue weighted by molar-refractivity contribution is 7.89. The maximum atomic E-state index is 11.1. The van der Waals surface area contributed by atoms with Gasteiger partial charge in [-0.15, -0.1) is 5.10 Å². The lowest BCUT2D eigenvalue weighted by Gasteiger charge is -2.02. The molecular formula is C8H8N2OS. The fourth-order valence-electron chi connectivity index (χ4n) is 1.15. The first-order valence-corrected chi connectivity index (χ1v) is 5.07. The predicted octanol–water partition coefficient (Wildman–Crippen LogP) is 1.18. The van der Waals surface area contributed by atoms with Gasteiger partial charge in [-0.1, -0.05) is 22.3 Å². The normalized spacial score (nSPS) is 13.5. The molecule has 0 aliphatic carbocycles. The summed E-state index contributed by atoms with van der Waals surface area (Å²) in [6.07, 6.45) is 3.33. The zero-order chi connectivity index (χ0) is 8.55. The lowest BCUT2D eigenvalue weighted by molar-refractivity contribution is 0.587. The van der Waals surface area contributed by atoms with Crippen LogP contribution in [0.15, 0.2) is 30.5 Å². The van der Waals surface area contributed by atoms with E-state index in [-0.39, 0.29) is 0 Å². The molecule has 1 aromatic heterocycles. The highest BCUT2D eigenvalue weighted by Crippen LogP contribution is 2.13. The van der Waals surface area contributed by atoms with Crippen LogP contribution in [0.1, 0.15) is 0 Å². The Morgan fingerprint density at radius 2 is 2.17 bits per heavy atom. The van der Waals surface area contributed by atoms with Crippen LogP contribution in [0.2, 0.25) is 0 Å². The van der Waals surface area contributed by atoms with Crippen molar-refractivity contribution in [2.75, 3.05) is 6.26 Å². The van der Waals surface area contributed by atoms with E-state index < -0.39 is 11.4 Å². The van der Waals surface area contributed by atoms with Gasteiger partial charge < -0.3 is 4.55 Å². The SMILES string of the molecule is C[S+]([O-])n1ncc2ccccc21. The van der Waals surface area contributed by atoms with Gasteiger partial charge in [0.25, 0.3) is 0 Å². The van der Waals surface area contributed by atoms with Crippen molar-refractivity contribution in [2.45, 2.75) is 0 Å². The molecule has 0 saturated carbocycles. The maximum absolute atomic E-state index is 11.1. The van der Waals surface area contributed by atoms with Crippen LogP contribution in [0.5, 0.6) is 0 Å². The Morgan fingerprint density at radius 3 is 2.92 bits per heavy atom. The average Bonchev–Trinajstić information content (AvgIpc) is 2.47. The van der Waals surface area contributed by atoms with Crippen LogP contribution in [0, 0.1) is 0 Å². The Bertz CT molecular complexity index is 397. The summed E-state index contributed by atoms with van der Waals surface area (Å²) in [6, 6.07) is 7.70. The van der Waals surface area contributed by atoms with Crippen molar-refractivity contribution in [2.24, 2.45) is 0 Å². The lowest BCUT2D eigenvalue weighted by Crippen LogP contribution is -2.10. The highest BCUT2D eigenvalue weighted by atomic mass is 32.2. The third-order valence-corrected chi connectivity index (χ3v) is 2.47. The molecule has 4 heteroatoms. The van der Waals surface area contributed by atoms with Crippen LogP contribution in [-0.2, 0) is 11.4 Å². The molecule has 0 saturated heterocycles. The molecule has 1 aromatic carbocycles. The molecular weight excluding hydrogens is 172 g/mol. The van der Waals surface area contributed by atoms with E-state index in [2.05, 4.69) is 5.10 Å². The molecule has 3 nitrogen and oxygen atoms in total. The van der Waals surface area contributed by atoms with Crippen LogP contribution in [-0.4, -0.2) is 20.0 Å². The van der Waals surface area contributed by atoms with Gasteiger partial charge >= 0.3 is 0 Å². The zero-order valence-electron chi connectivity index (χ0n) is 6.60. The number of hydrogen-bond donors (Lipinski definition) is 0. The van der Waals surface area contributed by atoms with Crippen molar-refractivity contribution < 1.29 is 4.55 Å².